The molecule has 0 bridgehead atoms. The van der Waals surface area contributed by atoms with Gasteiger partial charge in [-0.25, -0.2) is 8.78 Å². The molecule has 2 rings (SSSR count). The Morgan fingerprint density at radius 3 is 1.31 bits per heavy atom. The summed E-state index contributed by atoms with van der Waals surface area (Å²) in [6.07, 6.45) is 0. The zero-order valence-electron chi connectivity index (χ0n) is 8.40. The SMILES string of the molecule is Fc1ccc(C(S)c2ccc(F)cc2)cc1. The second kappa shape index (κ2) is 4.66. The van der Waals surface area contributed by atoms with E-state index in [0.29, 0.717) is 0 Å². The first-order valence-corrected chi connectivity index (χ1v) is 5.37. The summed E-state index contributed by atoms with van der Waals surface area (Å²) in [5.41, 5.74) is 1.77. The zero-order chi connectivity index (χ0) is 11.5. The van der Waals surface area contributed by atoms with Gasteiger partial charge in [-0.15, -0.1) is 0 Å². The van der Waals surface area contributed by atoms with Gasteiger partial charge in [0.05, 0.1) is 5.25 Å². The minimum Gasteiger partial charge on any atom is -0.207 e. The minimum atomic E-state index is -0.275. The molecule has 0 saturated heterocycles. The first kappa shape index (κ1) is 11.1. The van der Waals surface area contributed by atoms with Crippen molar-refractivity contribution in [3.05, 3.63) is 71.3 Å². The Kier molecular flexibility index (Phi) is 3.25. The minimum absolute atomic E-state index is 0.166. The molecule has 0 aliphatic carbocycles. The van der Waals surface area contributed by atoms with Crippen molar-refractivity contribution in [3.8, 4) is 0 Å². The lowest BCUT2D eigenvalue weighted by molar-refractivity contribution is 0.626. The summed E-state index contributed by atoms with van der Waals surface area (Å²) in [7, 11) is 0. The van der Waals surface area contributed by atoms with E-state index < -0.39 is 0 Å². The van der Waals surface area contributed by atoms with Crippen LogP contribution >= 0.6 is 12.6 Å². The fourth-order valence-electron chi connectivity index (χ4n) is 1.48. The van der Waals surface area contributed by atoms with Gasteiger partial charge in [-0.05, 0) is 35.4 Å². The fourth-order valence-corrected chi connectivity index (χ4v) is 1.83. The molecule has 0 fully saturated rings. The van der Waals surface area contributed by atoms with Crippen LogP contribution in [0.25, 0.3) is 0 Å². The smallest absolute Gasteiger partial charge is 0.123 e. The van der Waals surface area contributed by atoms with Crippen LogP contribution in [-0.2, 0) is 0 Å². The lowest BCUT2D eigenvalue weighted by Crippen LogP contribution is -1.93. The van der Waals surface area contributed by atoms with Gasteiger partial charge in [-0.3, -0.25) is 0 Å². The molecule has 0 aliphatic rings. The van der Waals surface area contributed by atoms with Crippen LogP contribution in [-0.4, -0.2) is 0 Å². The van der Waals surface area contributed by atoms with Crippen LogP contribution in [0.2, 0.25) is 0 Å². The third-order valence-corrected chi connectivity index (χ3v) is 2.97. The molecule has 0 spiro atoms. The average Bonchev–Trinajstić information content (AvgIpc) is 2.30. The van der Waals surface area contributed by atoms with Crippen LogP contribution in [0.5, 0.6) is 0 Å². The molecular formula is C13H10F2S. The van der Waals surface area contributed by atoms with Gasteiger partial charge in [0.15, 0.2) is 0 Å². The summed E-state index contributed by atoms with van der Waals surface area (Å²) in [6, 6.07) is 12.3. The van der Waals surface area contributed by atoms with E-state index in [1.54, 1.807) is 24.3 Å². The molecule has 16 heavy (non-hydrogen) atoms. The van der Waals surface area contributed by atoms with Crippen molar-refractivity contribution in [2.75, 3.05) is 0 Å². The number of thiol groups is 1. The van der Waals surface area contributed by atoms with Crippen molar-refractivity contribution in [1.82, 2.24) is 0 Å². The highest BCUT2D eigenvalue weighted by Crippen LogP contribution is 2.28. The molecule has 3 heteroatoms. The molecule has 0 aromatic heterocycles. The normalized spacial score (nSPS) is 10.8. The summed E-state index contributed by atoms with van der Waals surface area (Å²) in [5.74, 6) is -0.549. The van der Waals surface area contributed by atoms with Gasteiger partial charge < -0.3 is 0 Å². The maximum absolute atomic E-state index is 12.7. The van der Waals surface area contributed by atoms with E-state index >= 15 is 0 Å². The number of hydrogen-bond acceptors (Lipinski definition) is 1. The van der Waals surface area contributed by atoms with E-state index in [4.69, 9.17) is 0 Å². The summed E-state index contributed by atoms with van der Waals surface area (Å²) < 4.78 is 25.5. The molecule has 0 aliphatic heterocycles. The molecular weight excluding hydrogens is 226 g/mol. The molecule has 0 amide bonds. The zero-order valence-corrected chi connectivity index (χ0v) is 9.29. The highest BCUT2D eigenvalue weighted by molar-refractivity contribution is 7.80. The molecule has 0 radical (unpaired) electrons. The van der Waals surface area contributed by atoms with Gasteiger partial charge in [0.1, 0.15) is 11.6 Å². The highest BCUT2D eigenvalue weighted by atomic mass is 32.1. The van der Waals surface area contributed by atoms with Crippen molar-refractivity contribution < 1.29 is 8.78 Å². The van der Waals surface area contributed by atoms with Crippen LogP contribution in [0, 0.1) is 11.6 Å². The van der Waals surface area contributed by atoms with Gasteiger partial charge in [-0.1, -0.05) is 24.3 Å². The Morgan fingerprint density at radius 2 is 1.00 bits per heavy atom. The Balaban J connectivity index is 2.28. The van der Waals surface area contributed by atoms with E-state index in [-0.39, 0.29) is 16.9 Å². The third kappa shape index (κ3) is 2.42. The quantitative estimate of drug-likeness (QED) is 0.749. The van der Waals surface area contributed by atoms with Crippen LogP contribution in [0.3, 0.4) is 0 Å². The first-order chi connectivity index (χ1) is 7.66. The molecule has 82 valence electrons. The number of halogens is 2. The standard InChI is InChI=1S/C13H10F2S/c14-11-5-1-9(2-6-11)13(16)10-3-7-12(15)8-4-10/h1-8,13,16H. The lowest BCUT2D eigenvalue weighted by atomic mass is 10.0. The topological polar surface area (TPSA) is 0 Å². The lowest BCUT2D eigenvalue weighted by Gasteiger charge is -2.11. The molecule has 0 heterocycles. The van der Waals surface area contributed by atoms with E-state index in [1.807, 2.05) is 0 Å². The molecule has 0 nitrogen and oxygen atoms in total. The van der Waals surface area contributed by atoms with Crippen molar-refractivity contribution >= 4 is 12.6 Å². The molecule has 0 atom stereocenters. The summed E-state index contributed by atoms with van der Waals surface area (Å²) in [6.45, 7) is 0. The summed E-state index contributed by atoms with van der Waals surface area (Å²) in [5, 5.41) is -0.166. The van der Waals surface area contributed by atoms with Crippen molar-refractivity contribution in [1.29, 1.82) is 0 Å². The Labute approximate surface area is 98.3 Å². The van der Waals surface area contributed by atoms with E-state index in [9.17, 15) is 8.78 Å². The monoisotopic (exact) mass is 236 g/mol. The van der Waals surface area contributed by atoms with Crippen molar-refractivity contribution in [3.63, 3.8) is 0 Å². The average molecular weight is 236 g/mol. The van der Waals surface area contributed by atoms with Gasteiger partial charge in [0.2, 0.25) is 0 Å². The maximum Gasteiger partial charge on any atom is 0.123 e. The second-order valence-corrected chi connectivity index (χ2v) is 4.02. The van der Waals surface area contributed by atoms with Gasteiger partial charge in [-0.2, -0.15) is 12.6 Å². The van der Waals surface area contributed by atoms with E-state index in [0.717, 1.165) is 11.1 Å². The van der Waals surface area contributed by atoms with Crippen LogP contribution in [0.1, 0.15) is 16.4 Å². The second-order valence-electron chi connectivity index (χ2n) is 3.51. The molecule has 2 aromatic rings. The Hall–Kier alpha value is -1.35. The summed E-state index contributed by atoms with van der Waals surface area (Å²) >= 11 is 4.43. The molecule has 0 saturated carbocycles. The first-order valence-electron chi connectivity index (χ1n) is 4.86. The predicted octanol–water partition coefficient (Wildman–Crippen LogP) is 3.98. The number of hydrogen-bond donors (Lipinski definition) is 1. The van der Waals surface area contributed by atoms with Crippen LogP contribution < -0.4 is 0 Å². The van der Waals surface area contributed by atoms with Crippen molar-refractivity contribution in [2.24, 2.45) is 0 Å². The molecule has 0 N–H and O–H groups in total. The van der Waals surface area contributed by atoms with Crippen molar-refractivity contribution in [2.45, 2.75) is 5.25 Å². The largest absolute Gasteiger partial charge is 0.207 e. The summed E-state index contributed by atoms with van der Waals surface area (Å²) in [4.78, 5) is 0. The predicted molar refractivity (Wildman–Crippen MR) is 63.6 cm³/mol. The van der Waals surface area contributed by atoms with Crippen LogP contribution in [0.4, 0.5) is 8.78 Å². The van der Waals surface area contributed by atoms with E-state index in [2.05, 4.69) is 12.6 Å². The molecule has 2 aromatic carbocycles. The number of rotatable bonds is 2. The van der Waals surface area contributed by atoms with E-state index in [1.165, 1.54) is 24.3 Å². The van der Waals surface area contributed by atoms with Gasteiger partial charge in [0.25, 0.3) is 0 Å². The van der Waals surface area contributed by atoms with Gasteiger partial charge >= 0.3 is 0 Å². The Morgan fingerprint density at radius 1 is 0.688 bits per heavy atom. The highest BCUT2D eigenvalue weighted by Gasteiger charge is 2.09. The van der Waals surface area contributed by atoms with Gasteiger partial charge in [0, 0.05) is 0 Å². The number of benzene rings is 2. The Bertz CT molecular complexity index is 417. The fraction of sp³-hybridized carbons (Fsp3) is 0.0769. The van der Waals surface area contributed by atoms with Crippen LogP contribution in [0.15, 0.2) is 48.5 Å². The maximum atomic E-state index is 12.7. The third-order valence-electron chi connectivity index (χ3n) is 2.37. The molecule has 0 unspecified atom stereocenters.